The number of carboxylic acid groups (broad SMARTS) is 1. The van der Waals surface area contributed by atoms with E-state index >= 15 is 0 Å². The zero-order valence-corrected chi connectivity index (χ0v) is 9.66. The molecule has 0 aromatic carbocycles. The van der Waals surface area contributed by atoms with Gasteiger partial charge in [-0.15, -0.1) is 0 Å². The minimum absolute atomic E-state index is 0.117. The van der Waals surface area contributed by atoms with E-state index in [1.54, 1.807) is 17.8 Å². The van der Waals surface area contributed by atoms with E-state index in [1.807, 2.05) is 0 Å². The Bertz CT molecular complexity index is 405. The van der Waals surface area contributed by atoms with E-state index in [0.717, 1.165) is 25.1 Å². The molecule has 2 heterocycles. The van der Waals surface area contributed by atoms with Crippen molar-refractivity contribution in [3.63, 3.8) is 0 Å². The van der Waals surface area contributed by atoms with Crippen LogP contribution in [-0.4, -0.2) is 27.4 Å². The molecule has 1 atom stereocenters. The van der Waals surface area contributed by atoms with Crippen molar-refractivity contribution in [3.8, 4) is 0 Å². The first kappa shape index (κ1) is 11.1. The van der Waals surface area contributed by atoms with Crippen LogP contribution in [0.15, 0.2) is 6.07 Å². The van der Waals surface area contributed by atoms with Crippen molar-refractivity contribution in [3.05, 3.63) is 17.5 Å². The maximum Gasteiger partial charge on any atom is 0.356 e. The summed E-state index contributed by atoms with van der Waals surface area (Å²) in [4.78, 5) is 10.9. The lowest BCUT2D eigenvalue weighted by Gasteiger charge is -2.34. The summed E-state index contributed by atoms with van der Waals surface area (Å²) >= 11 is 0. The highest BCUT2D eigenvalue weighted by Crippen LogP contribution is 2.29. The third kappa shape index (κ3) is 1.82. The Morgan fingerprint density at radius 1 is 1.62 bits per heavy atom. The molecule has 2 N–H and O–H groups in total. The van der Waals surface area contributed by atoms with Gasteiger partial charge in [-0.2, -0.15) is 5.10 Å². The smallest absolute Gasteiger partial charge is 0.356 e. The topological polar surface area (TPSA) is 67.2 Å². The van der Waals surface area contributed by atoms with Crippen LogP contribution < -0.4 is 5.32 Å². The Labute approximate surface area is 94.5 Å². The van der Waals surface area contributed by atoms with Crippen LogP contribution in [0.2, 0.25) is 0 Å². The Hall–Kier alpha value is -1.36. The Kier molecular flexibility index (Phi) is 2.71. The van der Waals surface area contributed by atoms with E-state index in [9.17, 15) is 4.79 Å². The number of carboxylic acids is 1. The van der Waals surface area contributed by atoms with Gasteiger partial charge in [-0.25, -0.2) is 4.79 Å². The van der Waals surface area contributed by atoms with Gasteiger partial charge in [0.2, 0.25) is 0 Å². The number of rotatable bonds is 2. The second kappa shape index (κ2) is 3.90. The van der Waals surface area contributed by atoms with Crippen LogP contribution in [0.1, 0.15) is 42.4 Å². The molecule has 0 radical (unpaired) electrons. The Morgan fingerprint density at radius 2 is 2.38 bits per heavy atom. The highest BCUT2D eigenvalue weighted by Gasteiger charge is 2.32. The second-order valence-corrected chi connectivity index (χ2v) is 4.56. The molecule has 0 saturated carbocycles. The molecule has 1 saturated heterocycles. The summed E-state index contributed by atoms with van der Waals surface area (Å²) in [5, 5.41) is 16.4. The largest absolute Gasteiger partial charge is 0.476 e. The van der Waals surface area contributed by atoms with Crippen molar-refractivity contribution >= 4 is 5.97 Å². The van der Waals surface area contributed by atoms with Crippen LogP contribution in [0.3, 0.4) is 0 Å². The number of aryl methyl sites for hydroxylation is 1. The van der Waals surface area contributed by atoms with Gasteiger partial charge >= 0.3 is 5.97 Å². The quantitative estimate of drug-likeness (QED) is 0.788. The van der Waals surface area contributed by atoms with Gasteiger partial charge in [0.05, 0.1) is 11.2 Å². The number of piperidine rings is 1. The van der Waals surface area contributed by atoms with Crippen molar-refractivity contribution in [2.45, 2.75) is 31.7 Å². The van der Waals surface area contributed by atoms with E-state index in [1.165, 1.54) is 6.42 Å². The highest BCUT2D eigenvalue weighted by atomic mass is 16.4. The van der Waals surface area contributed by atoms with Crippen molar-refractivity contribution in [2.75, 3.05) is 6.54 Å². The molecule has 1 aromatic rings. The number of aromatic carboxylic acids is 1. The summed E-state index contributed by atoms with van der Waals surface area (Å²) in [6.07, 6.45) is 3.36. The van der Waals surface area contributed by atoms with Crippen LogP contribution in [0, 0.1) is 0 Å². The molecule has 1 aliphatic rings. The fourth-order valence-electron chi connectivity index (χ4n) is 2.36. The third-order valence-corrected chi connectivity index (χ3v) is 3.28. The summed E-state index contributed by atoms with van der Waals surface area (Å²) in [6, 6.07) is 1.67. The van der Waals surface area contributed by atoms with E-state index in [2.05, 4.69) is 17.3 Å². The number of aromatic nitrogens is 2. The van der Waals surface area contributed by atoms with Crippen LogP contribution in [-0.2, 0) is 12.6 Å². The lowest BCUT2D eigenvalue weighted by molar-refractivity contribution is 0.0689. The first-order valence-corrected chi connectivity index (χ1v) is 5.56. The fraction of sp³-hybridized carbons (Fsp3) is 0.636. The molecule has 5 heteroatoms. The summed E-state index contributed by atoms with van der Waals surface area (Å²) in [5.74, 6) is -0.971. The number of carbonyl (C=O) groups is 1. The molecule has 0 amide bonds. The predicted octanol–water partition coefficient (Wildman–Crippen LogP) is 1.11. The molecule has 2 rings (SSSR count). The number of nitrogens with zero attached hydrogens (tertiary/aromatic N) is 2. The first-order valence-electron chi connectivity index (χ1n) is 5.56. The number of hydrogen-bond donors (Lipinski definition) is 2. The normalized spacial score (nSPS) is 25.6. The van der Waals surface area contributed by atoms with Gasteiger partial charge < -0.3 is 10.4 Å². The minimum atomic E-state index is -0.971. The van der Waals surface area contributed by atoms with E-state index in [4.69, 9.17) is 5.11 Å². The molecular formula is C11H17N3O2. The Balaban J connectivity index is 2.35. The standard InChI is InChI=1S/C11H17N3O2/c1-11(5-3-4-6-12-11)9-7-8(10(15)16)13-14(9)2/h7,12H,3-6H2,1-2H3,(H,15,16). The third-order valence-electron chi connectivity index (χ3n) is 3.28. The maximum atomic E-state index is 10.9. The molecule has 5 nitrogen and oxygen atoms in total. The lowest BCUT2D eigenvalue weighted by atomic mass is 9.87. The van der Waals surface area contributed by atoms with Crippen LogP contribution in [0.4, 0.5) is 0 Å². The van der Waals surface area contributed by atoms with Gasteiger partial charge in [-0.05, 0) is 38.8 Å². The first-order chi connectivity index (χ1) is 7.53. The van der Waals surface area contributed by atoms with Gasteiger partial charge in [-0.3, -0.25) is 4.68 Å². The van der Waals surface area contributed by atoms with Crippen molar-refractivity contribution in [2.24, 2.45) is 7.05 Å². The van der Waals surface area contributed by atoms with Crippen LogP contribution in [0.5, 0.6) is 0 Å². The summed E-state index contributed by atoms with van der Waals surface area (Å²) in [7, 11) is 1.79. The van der Waals surface area contributed by atoms with Gasteiger partial charge in [0.1, 0.15) is 0 Å². The molecule has 0 spiro atoms. The zero-order chi connectivity index (χ0) is 11.8. The second-order valence-electron chi connectivity index (χ2n) is 4.56. The van der Waals surface area contributed by atoms with E-state index in [-0.39, 0.29) is 11.2 Å². The van der Waals surface area contributed by atoms with Gasteiger partial charge in [0.25, 0.3) is 0 Å². The molecule has 0 bridgehead atoms. The molecule has 1 fully saturated rings. The fourth-order valence-corrected chi connectivity index (χ4v) is 2.36. The number of hydrogen-bond acceptors (Lipinski definition) is 3. The molecule has 1 aliphatic heterocycles. The van der Waals surface area contributed by atoms with Crippen LogP contribution >= 0.6 is 0 Å². The molecule has 0 aliphatic carbocycles. The van der Waals surface area contributed by atoms with Crippen molar-refractivity contribution < 1.29 is 9.90 Å². The van der Waals surface area contributed by atoms with Gasteiger partial charge in [0, 0.05) is 7.05 Å². The lowest BCUT2D eigenvalue weighted by Crippen LogP contribution is -2.44. The molecule has 1 aromatic heterocycles. The maximum absolute atomic E-state index is 10.9. The van der Waals surface area contributed by atoms with Crippen LogP contribution in [0.25, 0.3) is 0 Å². The van der Waals surface area contributed by atoms with E-state index in [0.29, 0.717) is 0 Å². The average Bonchev–Trinajstić information content (AvgIpc) is 2.62. The predicted molar refractivity (Wildman–Crippen MR) is 59.4 cm³/mol. The Morgan fingerprint density at radius 3 is 2.88 bits per heavy atom. The van der Waals surface area contributed by atoms with Crippen molar-refractivity contribution in [1.29, 1.82) is 0 Å². The molecule has 1 unspecified atom stereocenters. The molecular weight excluding hydrogens is 206 g/mol. The zero-order valence-electron chi connectivity index (χ0n) is 9.66. The minimum Gasteiger partial charge on any atom is -0.476 e. The molecule has 88 valence electrons. The van der Waals surface area contributed by atoms with Gasteiger partial charge in [0.15, 0.2) is 5.69 Å². The van der Waals surface area contributed by atoms with E-state index < -0.39 is 5.97 Å². The molecule has 16 heavy (non-hydrogen) atoms. The monoisotopic (exact) mass is 223 g/mol. The summed E-state index contributed by atoms with van der Waals surface area (Å²) in [6.45, 7) is 3.08. The summed E-state index contributed by atoms with van der Waals surface area (Å²) in [5.41, 5.74) is 0.920. The van der Waals surface area contributed by atoms with Gasteiger partial charge in [-0.1, -0.05) is 0 Å². The SMILES string of the molecule is Cn1nc(C(=O)O)cc1C1(C)CCCCN1. The summed E-state index contributed by atoms with van der Waals surface area (Å²) < 4.78 is 1.67. The highest BCUT2D eigenvalue weighted by molar-refractivity contribution is 5.85. The number of nitrogens with one attached hydrogen (secondary N) is 1. The van der Waals surface area contributed by atoms with Crippen molar-refractivity contribution in [1.82, 2.24) is 15.1 Å². The average molecular weight is 223 g/mol.